The molecule has 6 heteroatoms. The Bertz CT molecular complexity index is 1050. The molecule has 3 N–H and O–H groups in total. The standard InChI is InChI=1S/C27H31N3O3/c1-3-19(14-15-28-2)20-8-6-10-22(16-20)27(33)30-25(18-31)21-9-7-11-23(17-21)26(32)29-24-12-4-5-13-24/h3,6-11,14-17,24-25,31H,2,4-5,12-13,18H2,1H3,(H,29,32)(H,30,33)/b15-14-,19-3+/t25-/m1/s1. The number of allylic oxidation sites excluding steroid dienone is 3. The predicted molar refractivity (Wildman–Crippen MR) is 132 cm³/mol. The maximum atomic E-state index is 12.9. The fraction of sp³-hybridized carbons (Fsp3) is 0.296. The number of hydrogen-bond acceptors (Lipinski definition) is 4. The largest absolute Gasteiger partial charge is 0.394 e. The average Bonchev–Trinajstić information content (AvgIpc) is 3.36. The van der Waals surface area contributed by atoms with Gasteiger partial charge in [0.1, 0.15) is 0 Å². The van der Waals surface area contributed by atoms with Gasteiger partial charge in [-0.2, -0.15) is 0 Å². The van der Waals surface area contributed by atoms with Crippen LogP contribution in [0.2, 0.25) is 0 Å². The van der Waals surface area contributed by atoms with Gasteiger partial charge in [-0.3, -0.25) is 14.6 Å². The Morgan fingerprint density at radius 3 is 2.42 bits per heavy atom. The van der Waals surface area contributed by atoms with E-state index in [1.54, 1.807) is 42.6 Å². The first-order valence-corrected chi connectivity index (χ1v) is 11.3. The van der Waals surface area contributed by atoms with Crippen molar-refractivity contribution in [3.63, 3.8) is 0 Å². The van der Waals surface area contributed by atoms with Gasteiger partial charge < -0.3 is 15.7 Å². The SMILES string of the molecule is C=N/C=C\C(=C/C)c1cccc(C(=O)N[C@H](CO)c2cccc(C(=O)NC3CCCC3)c2)c1. The van der Waals surface area contributed by atoms with Crippen molar-refractivity contribution in [2.45, 2.75) is 44.7 Å². The average molecular weight is 446 g/mol. The van der Waals surface area contributed by atoms with E-state index in [1.807, 2.05) is 31.2 Å². The lowest BCUT2D eigenvalue weighted by atomic mass is 10.0. The highest BCUT2D eigenvalue weighted by atomic mass is 16.3. The van der Waals surface area contributed by atoms with Gasteiger partial charge in [-0.15, -0.1) is 0 Å². The second-order valence-electron chi connectivity index (χ2n) is 8.11. The van der Waals surface area contributed by atoms with Gasteiger partial charge in [0.2, 0.25) is 0 Å². The van der Waals surface area contributed by atoms with Crippen molar-refractivity contribution in [1.29, 1.82) is 0 Å². The molecule has 0 heterocycles. The third kappa shape index (κ3) is 6.49. The highest BCUT2D eigenvalue weighted by molar-refractivity contribution is 5.96. The number of carbonyl (C=O) groups excluding carboxylic acids is 2. The molecule has 2 amide bonds. The number of amides is 2. The molecular weight excluding hydrogens is 414 g/mol. The normalized spacial score (nSPS) is 15.4. The van der Waals surface area contributed by atoms with Crippen LogP contribution < -0.4 is 10.6 Å². The fourth-order valence-electron chi connectivity index (χ4n) is 4.04. The van der Waals surface area contributed by atoms with Crippen LogP contribution in [0.4, 0.5) is 0 Å². The minimum atomic E-state index is -0.633. The number of nitrogens with zero attached hydrogens (tertiary/aromatic N) is 1. The van der Waals surface area contributed by atoms with Gasteiger partial charge in [0.15, 0.2) is 0 Å². The highest BCUT2D eigenvalue weighted by Gasteiger charge is 2.20. The Balaban J connectivity index is 1.74. The molecule has 33 heavy (non-hydrogen) atoms. The Morgan fingerprint density at radius 2 is 1.76 bits per heavy atom. The van der Waals surface area contributed by atoms with E-state index in [4.69, 9.17) is 0 Å². The second kappa shape index (κ2) is 11.9. The number of carbonyl (C=O) groups is 2. The Labute approximate surface area is 195 Å². The Kier molecular flexibility index (Phi) is 8.72. The predicted octanol–water partition coefficient (Wildman–Crippen LogP) is 4.44. The first kappa shape index (κ1) is 24.1. The zero-order valence-corrected chi connectivity index (χ0v) is 19.0. The van der Waals surface area contributed by atoms with Crippen molar-refractivity contribution < 1.29 is 14.7 Å². The number of benzene rings is 2. The van der Waals surface area contributed by atoms with Crippen molar-refractivity contribution in [2.24, 2.45) is 4.99 Å². The Hall–Kier alpha value is -3.51. The van der Waals surface area contributed by atoms with E-state index >= 15 is 0 Å². The molecule has 6 nitrogen and oxygen atoms in total. The lowest BCUT2D eigenvalue weighted by Crippen LogP contribution is -2.33. The highest BCUT2D eigenvalue weighted by Crippen LogP contribution is 2.21. The van der Waals surface area contributed by atoms with Crippen LogP contribution in [0.1, 0.15) is 70.5 Å². The first-order chi connectivity index (χ1) is 16.0. The molecule has 0 unspecified atom stereocenters. The van der Waals surface area contributed by atoms with Gasteiger partial charge >= 0.3 is 0 Å². The van der Waals surface area contributed by atoms with E-state index in [9.17, 15) is 14.7 Å². The van der Waals surface area contributed by atoms with E-state index in [-0.39, 0.29) is 24.5 Å². The van der Waals surface area contributed by atoms with Crippen LogP contribution in [-0.4, -0.2) is 36.3 Å². The first-order valence-electron chi connectivity index (χ1n) is 11.3. The number of aliphatic imine (C=N–C) groups is 1. The van der Waals surface area contributed by atoms with Gasteiger partial charge in [0.25, 0.3) is 11.8 Å². The zero-order valence-electron chi connectivity index (χ0n) is 19.0. The third-order valence-corrected chi connectivity index (χ3v) is 5.86. The second-order valence-corrected chi connectivity index (χ2v) is 8.11. The van der Waals surface area contributed by atoms with Crippen LogP contribution in [0.15, 0.2) is 71.9 Å². The van der Waals surface area contributed by atoms with Crippen molar-refractivity contribution in [3.05, 3.63) is 89.1 Å². The molecule has 1 atom stereocenters. The van der Waals surface area contributed by atoms with E-state index < -0.39 is 6.04 Å². The third-order valence-electron chi connectivity index (χ3n) is 5.86. The molecule has 0 saturated heterocycles. The molecule has 172 valence electrons. The molecule has 1 saturated carbocycles. The van der Waals surface area contributed by atoms with Crippen molar-refractivity contribution in [1.82, 2.24) is 10.6 Å². The van der Waals surface area contributed by atoms with Gasteiger partial charge in [-0.1, -0.05) is 43.2 Å². The molecule has 2 aromatic carbocycles. The molecule has 3 rings (SSSR count). The zero-order chi connectivity index (χ0) is 23.6. The summed E-state index contributed by atoms with van der Waals surface area (Å²) in [6.45, 7) is 5.07. The van der Waals surface area contributed by atoms with Gasteiger partial charge in [-0.05, 0) is 73.5 Å². The van der Waals surface area contributed by atoms with Gasteiger partial charge in [0.05, 0.1) is 12.6 Å². The van der Waals surface area contributed by atoms with Crippen LogP contribution in [0.5, 0.6) is 0 Å². The monoisotopic (exact) mass is 445 g/mol. The summed E-state index contributed by atoms with van der Waals surface area (Å²) in [6, 6.07) is 13.9. The molecule has 0 aromatic heterocycles. The lowest BCUT2D eigenvalue weighted by molar-refractivity contribution is 0.0915. The number of rotatable bonds is 9. The Morgan fingerprint density at radius 1 is 1.09 bits per heavy atom. The maximum Gasteiger partial charge on any atom is 0.251 e. The van der Waals surface area contributed by atoms with Crippen molar-refractivity contribution >= 4 is 24.1 Å². The summed E-state index contributed by atoms with van der Waals surface area (Å²) < 4.78 is 0. The van der Waals surface area contributed by atoms with Crippen molar-refractivity contribution in [3.8, 4) is 0 Å². The summed E-state index contributed by atoms with van der Waals surface area (Å²) in [4.78, 5) is 29.3. The summed E-state index contributed by atoms with van der Waals surface area (Å²) in [5.74, 6) is -0.432. The van der Waals surface area contributed by atoms with Crippen LogP contribution in [-0.2, 0) is 0 Å². The van der Waals surface area contributed by atoms with Crippen molar-refractivity contribution in [2.75, 3.05) is 6.61 Å². The van der Waals surface area contributed by atoms with E-state index in [0.29, 0.717) is 16.7 Å². The summed E-state index contributed by atoms with van der Waals surface area (Å²) in [7, 11) is 0. The summed E-state index contributed by atoms with van der Waals surface area (Å²) in [5.41, 5.74) is 3.46. The molecule has 0 radical (unpaired) electrons. The number of hydrogen-bond donors (Lipinski definition) is 3. The smallest absolute Gasteiger partial charge is 0.251 e. The molecular formula is C27H31N3O3. The van der Waals surface area contributed by atoms with E-state index in [2.05, 4.69) is 22.3 Å². The summed E-state index contributed by atoms with van der Waals surface area (Å²) >= 11 is 0. The molecule has 0 spiro atoms. The quantitative estimate of drug-likeness (QED) is 0.394. The summed E-state index contributed by atoms with van der Waals surface area (Å²) in [5, 5.41) is 15.9. The molecule has 0 aliphatic heterocycles. The molecule has 1 aliphatic rings. The van der Waals surface area contributed by atoms with Crippen LogP contribution in [0.25, 0.3) is 5.57 Å². The number of aliphatic hydroxyl groups is 1. The number of aliphatic hydroxyl groups excluding tert-OH is 1. The summed E-state index contributed by atoms with van der Waals surface area (Å²) in [6.07, 6.45) is 9.65. The number of nitrogens with one attached hydrogen (secondary N) is 2. The topological polar surface area (TPSA) is 90.8 Å². The molecule has 1 fully saturated rings. The molecule has 2 aromatic rings. The maximum absolute atomic E-state index is 12.9. The minimum absolute atomic E-state index is 0.125. The fourth-order valence-corrected chi connectivity index (χ4v) is 4.04. The van der Waals surface area contributed by atoms with Gasteiger partial charge in [-0.25, -0.2) is 0 Å². The van der Waals surface area contributed by atoms with E-state index in [0.717, 1.165) is 36.8 Å². The van der Waals surface area contributed by atoms with E-state index in [1.165, 1.54) is 0 Å². The molecule has 0 bridgehead atoms. The van der Waals surface area contributed by atoms with Gasteiger partial charge in [0, 0.05) is 23.4 Å². The van der Waals surface area contributed by atoms with Crippen LogP contribution >= 0.6 is 0 Å². The van der Waals surface area contributed by atoms with Crippen LogP contribution in [0.3, 0.4) is 0 Å². The lowest BCUT2D eigenvalue weighted by Gasteiger charge is -2.18. The molecule has 1 aliphatic carbocycles. The minimum Gasteiger partial charge on any atom is -0.394 e. The van der Waals surface area contributed by atoms with Crippen LogP contribution in [0, 0.1) is 0 Å².